The van der Waals surface area contributed by atoms with Crippen LogP contribution in [0.3, 0.4) is 0 Å². The van der Waals surface area contributed by atoms with Crippen molar-refractivity contribution in [2.24, 2.45) is 0 Å². The zero-order chi connectivity index (χ0) is 19.7. The molecule has 2 aromatic heterocycles. The number of nitrogen functional groups attached to an aromatic ring is 1. The van der Waals surface area contributed by atoms with Gasteiger partial charge in [-0.25, -0.2) is 14.4 Å². The Labute approximate surface area is 162 Å². The number of halogens is 1. The van der Waals surface area contributed by atoms with Crippen molar-refractivity contribution in [1.82, 2.24) is 19.9 Å². The van der Waals surface area contributed by atoms with E-state index >= 15 is 4.39 Å². The first kappa shape index (κ1) is 18.1. The molecule has 4 rings (SSSR count). The minimum Gasteiger partial charge on any atom is -0.421 e. The molecule has 0 unspecified atom stereocenters. The molecule has 28 heavy (non-hydrogen) atoms. The summed E-state index contributed by atoms with van der Waals surface area (Å²) in [5, 5.41) is 0. The van der Waals surface area contributed by atoms with E-state index in [1.165, 1.54) is 12.4 Å². The van der Waals surface area contributed by atoms with Crippen LogP contribution in [0.1, 0.15) is 30.7 Å². The predicted octanol–water partition coefficient (Wildman–Crippen LogP) is 3.78. The van der Waals surface area contributed by atoms with Gasteiger partial charge < -0.3 is 15.4 Å². The van der Waals surface area contributed by atoms with Gasteiger partial charge in [0.05, 0.1) is 18.1 Å². The first-order valence-corrected chi connectivity index (χ1v) is 9.11. The summed E-state index contributed by atoms with van der Waals surface area (Å²) in [6, 6.07) is 5.47. The van der Waals surface area contributed by atoms with Crippen LogP contribution in [0, 0.1) is 5.82 Å². The molecule has 7 nitrogen and oxygen atoms in total. The Balaban J connectivity index is 1.77. The van der Waals surface area contributed by atoms with Gasteiger partial charge in [0, 0.05) is 31.4 Å². The topological polar surface area (TPSA) is 90.0 Å². The third-order valence-electron chi connectivity index (χ3n) is 4.89. The van der Waals surface area contributed by atoms with E-state index in [0.717, 1.165) is 24.8 Å². The molecule has 3 aromatic rings. The number of aromatic nitrogens is 4. The van der Waals surface area contributed by atoms with E-state index in [0.29, 0.717) is 17.1 Å². The zero-order valence-electron chi connectivity index (χ0n) is 15.8. The number of hydrogen-bond acceptors (Lipinski definition) is 7. The molecule has 1 fully saturated rings. The molecule has 1 aliphatic carbocycles. The van der Waals surface area contributed by atoms with Crippen molar-refractivity contribution >= 4 is 11.6 Å². The Morgan fingerprint density at radius 2 is 1.93 bits per heavy atom. The molecule has 1 aliphatic rings. The van der Waals surface area contributed by atoms with Gasteiger partial charge in [-0.15, -0.1) is 0 Å². The molecule has 2 N–H and O–H groups in total. The van der Waals surface area contributed by atoms with Crippen LogP contribution in [0.25, 0.3) is 11.3 Å². The van der Waals surface area contributed by atoms with Gasteiger partial charge in [0.1, 0.15) is 11.6 Å². The zero-order valence-corrected chi connectivity index (χ0v) is 15.8. The average molecular weight is 380 g/mol. The van der Waals surface area contributed by atoms with Crippen molar-refractivity contribution in [3.05, 3.63) is 48.2 Å². The molecule has 0 amide bonds. The van der Waals surface area contributed by atoms with E-state index < -0.39 is 5.82 Å². The Kier molecular flexibility index (Phi) is 4.77. The Morgan fingerprint density at radius 1 is 1.11 bits per heavy atom. The van der Waals surface area contributed by atoms with Crippen molar-refractivity contribution in [3.63, 3.8) is 0 Å². The van der Waals surface area contributed by atoms with Crippen LogP contribution in [-0.2, 0) is 0 Å². The van der Waals surface area contributed by atoms with E-state index in [4.69, 9.17) is 10.5 Å². The monoisotopic (exact) mass is 380 g/mol. The van der Waals surface area contributed by atoms with E-state index in [-0.39, 0.29) is 23.5 Å². The number of rotatable bonds is 5. The first-order chi connectivity index (χ1) is 13.5. The summed E-state index contributed by atoms with van der Waals surface area (Å²) in [4.78, 5) is 18.5. The number of nitrogens with zero attached hydrogens (tertiary/aromatic N) is 5. The smallest absolute Gasteiger partial charge is 0.324 e. The van der Waals surface area contributed by atoms with Gasteiger partial charge in [0.15, 0.2) is 11.6 Å². The van der Waals surface area contributed by atoms with Crippen LogP contribution in [0.2, 0.25) is 0 Å². The average Bonchev–Trinajstić information content (AvgIpc) is 2.64. The number of ether oxygens (including phenoxy) is 1. The van der Waals surface area contributed by atoms with Crippen LogP contribution >= 0.6 is 0 Å². The SMILES string of the molecule is CN(C)c1ccnc(Oc2c(C3CCC3)ccc(-c3cnc(N)cn3)c2F)n1. The Bertz CT molecular complexity index is 988. The van der Waals surface area contributed by atoms with Gasteiger partial charge in [0.25, 0.3) is 0 Å². The van der Waals surface area contributed by atoms with Crippen LogP contribution in [-0.4, -0.2) is 34.0 Å². The fraction of sp³-hybridized carbons (Fsp3) is 0.300. The second-order valence-electron chi connectivity index (χ2n) is 6.99. The van der Waals surface area contributed by atoms with Crippen molar-refractivity contribution in [1.29, 1.82) is 0 Å². The summed E-state index contributed by atoms with van der Waals surface area (Å²) in [7, 11) is 3.74. The summed E-state index contributed by atoms with van der Waals surface area (Å²) >= 11 is 0. The van der Waals surface area contributed by atoms with Crippen LogP contribution in [0.5, 0.6) is 11.8 Å². The van der Waals surface area contributed by atoms with E-state index in [1.807, 2.05) is 25.1 Å². The number of nitrogens with two attached hydrogens (primary N) is 1. The highest BCUT2D eigenvalue weighted by atomic mass is 19.1. The molecule has 1 saturated carbocycles. The van der Waals surface area contributed by atoms with Crippen molar-refractivity contribution < 1.29 is 9.13 Å². The highest BCUT2D eigenvalue weighted by Gasteiger charge is 2.27. The molecule has 0 radical (unpaired) electrons. The number of hydrogen-bond donors (Lipinski definition) is 1. The summed E-state index contributed by atoms with van der Waals surface area (Å²) < 4.78 is 21.4. The quantitative estimate of drug-likeness (QED) is 0.720. The molecular weight excluding hydrogens is 359 g/mol. The largest absolute Gasteiger partial charge is 0.421 e. The van der Waals surface area contributed by atoms with Crippen LogP contribution < -0.4 is 15.4 Å². The van der Waals surface area contributed by atoms with Gasteiger partial charge in [-0.2, -0.15) is 4.98 Å². The maximum atomic E-state index is 15.5. The minimum absolute atomic E-state index is 0.103. The van der Waals surface area contributed by atoms with E-state index in [2.05, 4.69) is 19.9 Å². The predicted molar refractivity (Wildman–Crippen MR) is 105 cm³/mol. The molecule has 1 aromatic carbocycles. The lowest BCUT2D eigenvalue weighted by Crippen LogP contribution is -2.13. The molecule has 2 heterocycles. The molecule has 0 saturated heterocycles. The van der Waals surface area contributed by atoms with Crippen LogP contribution in [0.4, 0.5) is 16.0 Å². The Morgan fingerprint density at radius 3 is 2.57 bits per heavy atom. The van der Waals surface area contributed by atoms with Crippen LogP contribution in [0.15, 0.2) is 36.8 Å². The van der Waals surface area contributed by atoms with E-state index in [1.54, 1.807) is 18.3 Å². The van der Waals surface area contributed by atoms with Gasteiger partial charge in [-0.05, 0) is 30.9 Å². The van der Waals surface area contributed by atoms with Crippen molar-refractivity contribution in [2.45, 2.75) is 25.2 Å². The lowest BCUT2D eigenvalue weighted by molar-refractivity contribution is 0.371. The fourth-order valence-corrected chi connectivity index (χ4v) is 3.11. The number of benzene rings is 1. The number of anilines is 2. The summed E-state index contributed by atoms with van der Waals surface area (Å²) in [6.07, 6.45) is 7.59. The molecule has 8 heteroatoms. The lowest BCUT2D eigenvalue weighted by atomic mass is 9.79. The van der Waals surface area contributed by atoms with E-state index in [9.17, 15) is 0 Å². The summed E-state index contributed by atoms with van der Waals surface area (Å²) in [5.41, 5.74) is 7.11. The first-order valence-electron chi connectivity index (χ1n) is 9.11. The highest BCUT2D eigenvalue weighted by molar-refractivity contribution is 5.64. The van der Waals surface area contributed by atoms with Gasteiger partial charge in [-0.1, -0.05) is 12.5 Å². The third-order valence-corrected chi connectivity index (χ3v) is 4.89. The summed E-state index contributed by atoms with van der Waals surface area (Å²) in [6.45, 7) is 0. The second kappa shape index (κ2) is 7.38. The Hall–Kier alpha value is -3.29. The standard InChI is InChI=1S/C20H21FN6O/c1-27(2)17-8-9-23-20(26-17)28-19-13(12-4-3-5-12)6-7-14(18(19)21)15-10-25-16(22)11-24-15/h6-12H,3-5H2,1-2H3,(H2,22,25). The maximum Gasteiger partial charge on any atom is 0.324 e. The fourth-order valence-electron chi connectivity index (χ4n) is 3.11. The van der Waals surface area contributed by atoms with Crippen molar-refractivity contribution in [3.8, 4) is 23.0 Å². The van der Waals surface area contributed by atoms with Gasteiger partial charge in [0.2, 0.25) is 0 Å². The highest BCUT2D eigenvalue weighted by Crippen LogP contribution is 2.44. The molecule has 0 aliphatic heterocycles. The third kappa shape index (κ3) is 3.45. The molecule has 144 valence electrons. The molecular formula is C20H21FN6O. The molecule has 0 atom stereocenters. The second-order valence-corrected chi connectivity index (χ2v) is 6.99. The minimum atomic E-state index is -0.498. The molecule has 0 bridgehead atoms. The maximum absolute atomic E-state index is 15.5. The lowest BCUT2D eigenvalue weighted by Gasteiger charge is -2.28. The summed E-state index contributed by atoms with van der Waals surface area (Å²) in [5.74, 6) is 0.879. The van der Waals surface area contributed by atoms with Crippen molar-refractivity contribution in [2.75, 3.05) is 24.7 Å². The van der Waals surface area contributed by atoms with Gasteiger partial charge in [-0.3, -0.25) is 4.98 Å². The van der Waals surface area contributed by atoms with Gasteiger partial charge >= 0.3 is 6.01 Å². The normalized spacial score (nSPS) is 13.8. The molecule has 0 spiro atoms.